The maximum Gasteiger partial charge on any atom is 0.173 e. The molecule has 3 aromatic rings. The van der Waals surface area contributed by atoms with Gasteiger partial charge in [0.25, 0.3) is 0 Å². The van der Waals surface area contributed by atoms with E-state index in [0.717, 1.165) is 40.6 Å². The fourth-order valence-corrected chi connectivity index (χ4v) is 2.97. The van der Waals surface area contributed by atoms with E-state index < -0.39 is 0 Å². The normalized spacial score (nSPS) is 10.8. The Kier molecular flexibility index (Phi) is 4.15. The van der Waals surface area contributed by atoms with Crippen LogP contribution in [0.4, 0.5) is 5.69 Å². The molecule has 3 rings (SSSR count). The first-order chi connectivity index (χ1) is 10.7. The predicted molar refractivity (Wildman–Crippen MR) is 96.2 cm³/mol. The molecule has 2 aromatic heterocycles. The molecule has 112 valence electrons. The number of nitrogens with zero attached hydrogens (tertiary/aromatic N) is 3. The molecule has 0 aliphatic rings. The van der Waals surface area contributed by atoms with Crippen LogP contribution in [0, 0.1) is 0 Å². The van der Waals surface area contributed by atoms with E-state index in [1.54, 1.807) is 12.4 Å². The second kappa shape index (κ2) is 6.23. The van der Waals surface area contributed by atoms with Gasteiger partial charge in [-0.2, -0.15) is 0 Å². The number of aromatic nitrogens is 2. The van der Waals surface area contributed by atoms with Crippen LogP contribution in [0.3, 0.4) is 0 Å². The molecular weight excluding hydrogens is 292 g/mol. The smallest absolute Gasteiger partial charge is 0.173 e. The lowest BCUT2D eigenvalue weighted by Crippen LogP contribution is -2.34. The summed E-state index contributed by atoms with van der Waals surface area (Å²) in [6, 6.07) is 10.0. The number of nitrogens with one attached hydrogen (secondary N) is 1. The van der Waals surface area contributed by atoms with Gasteiger partial charge in [0.15, 0.2) is 5.11 Å². The summed E-state index contributed by atoms with van der Waals surface area (Å²) in [5.41, 5.74) is 2.75. The van der Waals surface area contributed by atoms with Crippen molar-refractivity contribution < 1.29 is 0 Å². The summed E-state index contributed by atoms with van der Waals surface area (Å²) >= 11 is 5.51. The molecule has 0 atom stereocenters. The lowest BCUT2D eigenvalue weighted by molar-refractivity contribution is 0.473. The highest BCUT2D eigenvalue weighted by atomic mass is 32.1. The zero-order chi connectivity index (χ0) is 15.5. The number of fused-ring (bicyclic) bond motifs is 3. The molecule has 0 aliphatic carbocycles. The molecule has 0 bridgehead atoms. The van der Waals surface area contributed by atoms with E-state index in [1.807, 2.05) is 18.2 Å². The largest absolute Gasteiger partial charge is 0.350 e. The summed E-state index contributed by atoms with van der Waals surface area (Å²) in [5, 5.41) is 6.23. The Morgan fingerprint density at radius 1 is 1.09 bits per heavy atom. The minimum atomic E-state index is 0.715. The number of hydrogen-bond donors (Lipinski definition) is 1. The van der Waals surface area contributed by atoms with Crippen LogP contribution in [-0.2, 0) is 0 Å². The molecule has 0 radical (unpaired) electrons. The molecule has 0 fully saturated rings. The van der Waals surface area contributed by atoms with E-state index in [4.69, 9.17) is 12.2 Å². The first-order valence-corrected chi connectivity index (χ1v) is 7.83. The Hall–Kier alpha value is -2.27. The van der Waals surface area contributed by atoms with Gasteiger partial charge >= 0.3 is 0 Å². The Morgan fingerprint density at radius 2 is 1.77 bits per heavy atom. The average Bonchev–Trinajstić information content (AvgIpc) is 2.56. The van der Waals surface area contributed by atoms with Crippen LogP contribution in [0.2, 0.25) is 0 Å². The molecule has 0 spiro atoms. The van der Waals surface area contributed by atoms with E-state index in [2.05, 4.69) is 46.2 Å². The van der Waals surface area contributed by atoms with Crippen molar-refractivity contribution in [1.82, 2.24) is 14.9 Å². The second-order valence-corrected chi connectivity index (χ2v) is 5.38. The summed E-state index contributed by atoms with van der Waals surface area (Å²) in [7, 11) is 0. The number of thiocarbonyl (C=S) groups is 1. The molecule has 2 heterocycles. The van der Waals surface area contributed by atoms with E-state index in [0.29, 0.717) is 5.11 Å². The van der Waals surface area contributed by atoms with E-state index in [-0.39, 0.29) is 0 Å². The van der Waals surface area contributed by atoms with Gasteiger partial charge in [0.2, 0.25) is 0 Å². The first-order valence-electron chi connectivity index (χ1n) is 7.43. The van der Waals surface area contributed by atoms with Crippen LogP contribution in [0.25, 0.3) is 21.8 Å². The number of rotatable bonds is 3. The molecule has 0 saturated heterocycles. The molecule has 0 amide bonds. The van der Waals surface area contributed by atoms with Gasteiger partial charge in [0.1, 0.15) is 0 Å². The molecule has 1 aromatic carbocycles. The van der Waals surface area contributed by atoms with Gasteiger partial charge in [-0.05, 0) is 44.3 Å². The minimum absolute atomic E-state index is 0.715. The third kappa shape index (κ3) is 2.60. The molecule has 0 aliphatic heterocycles. The standard InChI is InChI=1S/C17H18N4S/c1-3-21(4-2)17(22)20-15-11-14-12(7-5-9-18-14)13-8-6-10-19-16(13)15/h5-11H,3-4H2,1-2H3,(H,20,22). The number of hydrogen-bond acceptors (Lipinski definition) is 3. The van der Waals surface area contributed by atoms with Crippen LogP contribution in [-0.4, -0.2) is 33.1 Å². The van der Waals surface area contributed by atoms with E-state index >= 15 is 0 Å². The SMILES string of the molecule is CCN(CC)C(=S)Nc1cc2ncccc2c2cccnc12. The third-order valence-electron chi connectivity index (χ3n) is 3.76. The lowest BCUT2D eigenvalue weighted by Gasteiger charge is -2.23. The average molecular weight is 310 g/mol. The van der Waals surface area contributed by atoms with Gasteiger partial charge < -0.3 is 10.2 Å². The van der Waals surface area contributed by atoms with Crippen LogP contribution in [0.5, 0.6) is 0 Å². The Bertz CT molecular complexity index is 827. The van der Waals surface area contributed by atoms with Crippen molar-refractivity contribution in [3.05, 3.63) is 42.7 Å². The van der Waals surface area contributed by atoms with Crippen LogP contribution >= 0.6 is 12.2 Å². The van der Waals surface area contributed by atoms with Gasteiger partial charge in [-0.25, -0.2) is 0 Å². The number of pyridine rings is 2. The first kappa shape index (κ1) is 14.7. The van der Waals surface area contributed by atoms with Crippen molar-refractivity contribution in [2.45, 2.75) is 13.8 Å². The quantitative estimate of drug-likeness (QED) is 0.588. The molecule has 22 heavy (non-hydrogen) atoms. The van der Waals surface area contributed by atoms with Crippen molar-refractivity contribution in [3.8, 4) is 0 Å². The maximum atomic E-state index is 5.51. The van der Waals surface area contributed by atoms with Gasteiger partial charge in [0.05, 0.1) is 16.7 Å². The highest BCUT2D eigenvalue weighted by molar-refractivity contribution is 7.80. The highest BCUT2D eigenvalue weighted by Gasteiger charge is 2.11. The van der Waals surface area contributed by atoms with Gasteiger partial charge in [-0.15, -0.1) is 0 Å². The van der Waals surface area contributed by atoms with Gasteiger partial charge in [-0.1, -0.05) is 12.1 Å². The highest BCUT2D eigenvalue weighted by Crippen LogP contribution is 2.29. The number of benzene rings is 1. The summed E-state index contributed by atoms with van der Waals surface area (Å²) in [6.07, 6.45) is 3.60. The van der Waals surface area contributed by atoms with Gasteiger partial charge in [-0.3, -0.25) is 9.97 Å². The molecule has 1 N–H and O–H groups in total. The summed E-state index contributed by atoms with van der Waals surface area (Å²) in [4.78, 5) is 11.1. The van der Waals surface area contributed by atoms with Crippen molar-refractivity contribution >= 4 is 44.8 Å². The van der Waals surface area contributed by atoms with Crippen molar-refractivity contribution in [1.29, 1.82) is 0 Å². The third-order valence-corrected chi connectivity index (χ3v) is 4.13. The second-order valence-electron chi connectivity index (χ2n) is 5.00. The van der Waals surface area contributed by atoms with Gasteiger partial charge in [0, 0.05) is 36.3 Å². The summed E-state index contributed by atoms with van der Waals surface area (Å²) in [6.45, 7) is 5.94. The lowest BCUT2D eigenvalue weighted by atomic mass is 10.1. The fraction of sp³-hybridized carbons (Fsp3) is 0.235. The Labute approximate surface area is 135 Å². The Morgan fingerprint density at radius 3 is 2.50 bits per heavy atom. The fourth-order valence-electron chi connectivity index (χ4n) is 2.60. The minimum Gasteiger partial charge on any atom is -0.350 e. The summed E-state index contributed by atoms with van der Waals surface area (Å²) in [5.74, 6) is 0. The van der Waals surface area contributed by atoms with Crippen molar-refractivity contribution in [2.75, 3.05) is 18.4 Å². The monoisotopic (exact) mass is 310 g/mol. The predicted octanol–water partition coefficient (Wildman–Crippen LogP) is 3.82. The maximum absolute atomic E-state index is 5.51. The molecule has 0 saturated carbocycles. The summed E-state index contributed by atoms with van der Waals surface area (Å²) < 4.78 is 0. The van der Waals surface area contributed by atoms with Crippen LogP contribution in [0.1, 0.15) is 13.8 Å². The number of anilines is 1. The Balaban J connectivity index is 2.13. The topological polar surface area (TPSA) is 41.0 Å². The molecular formula is C17H18N4S. The molecule has 5 heteroatoms. The van der Waals surface area contributed by atoms with Crippen LogP contribution < -0.4 is 5.32 Å². The van der Waals surface area contributed by atoms with Crippen molar-refractivity contribution in [2.24, 2.45) is 0 Å². The van der Waals surface area contributed by atoms with Crippen molar-refractivity contribution in [3.63, 3.8) is 0 Å². The zero-order valence-corrected chi connectivity index (χ0v) is 13.5. The van der Waals surface area contributed by atoms with E-state index in [1.165, 1.54) is 0 Å². The van der Waals surface area contributed by atoms with Crippen LogP contribution in [0.15, 0.2) is 42.7 Å². The van der Waals surface area contributed by atoms with E-state index in [9.17, 15) is 0 Å². The molecule has 0 unspecified atom stereocenters. The molecule has 4 nitrogen and oxygen atoms in total. The zero-order valence-electron chi connectivity index (χ0n) is 12.7.